The molecule has 1 spiro atoms. The molecule has 2 aliphatic rings. The van der Waals surface area contributed by atoms with E-state index in [0.29, 0.717) is 25.3 Å². The quantitative estimate of drug-likeness (QED) is 0.709. The predicted molar refractivity (Wildman–Crippen MR) is 108 cm³/mol. The summed E-state index contributed by atoms with van der Waals surface area (Å²) in [6.07, 6.45) is 3.80. The summed E-state index contributed by atoms with van der Waals surface area (Å²) in [6.45, 7) is 6.38. The van der Waals surface area contributed by atoms with Gasteiger partial charge in [0.05, 0.1) is 12.3 Å². The van der Waals surface area contributed by atoms with Gasteiger partial charge in [-0.2, -0.15) is 0 Å². The number of likely N-dealkylation sites (N-methyl/N-ethyl adjacent to an activating group) is 1. The maximum absolute atomic E-state index is 13.1. The fourth-order valence-electron chi connectivity index (χ4n) is 5.08. The third-order valence-electron chi connectivity index (χ3n) is 5.91. The summed E-state index contributed by atoms with van der Waals surface area (Å²) in [7, 11) is 3.79. The normalized spacial score (nSPS) is 27.4. The van der Waals surface area contributed by atoms with Gasteiger partial charge in [0.25, 0.3) is 5.91 Å². The van der Waals surface area contributed by atoms with Gasteiger partial charge in [-0.05, 0) is 56.8 Å². The second-order valence-electron chi connectivity index (χ2n) is 9.56. The average molecular weight is 405 g/mol. The first kappa shape index (κ1) is 21.4. The number of rotatable bonds is 6. The van der Waals surface area contributed by atoms with Crippen molar-refractivity contribution >= 4 is 17.8 Å². The van der Waals surface area contributed by atoms with Gasteiger partial charge in [0.1, 0.15) is 17.8 Å². The Kier molecular flexibility index (Phi) is 5.76. The molecule has 1 saturated heterocycles. The summed E-state index contributed by atoms with van der Waals surface area (Å²) in [5.41, 5.74) is -0.931. The van der Waals surface area contributed by atoms with E-state index in [1.54, 1.807) is 12.3 Å². The van der Waals surface area contributed by atoms with E-state index in [-0.39, 0.29) is 29.8 Å². The van der Waals surface area contributed by atoms with Crippen molar-refractivity contribution in [3.63, 3.8) is 0 Å². The number of nitrogens with zero attached hydrogens (tertiary/aromatic N) is 2. The van der Waals surface area contributed by atoms with Crippen LogP contribution in [0.2, 0.25) is 0 Å². The maximum Gasteiger partial charge on any atom is 0.325 e. The molecule has 3 atom stereocenters. The van der Waals surface area contributed by atoms with Crippen LogP contribution < -0.4 is 10.6 Å². The molecule has 1 aromatic rings. The van der Waals surface area contributed by atoms with Crippen LogP contribution in [0.3, 0.4) is 0 Å². The van der Waals surface area contributed by atoms with E-state index >= 15 is 0 Å². The first-order chi connectivity index (χ1) is 13.5. The van der Waals surface area contributed by atoms with Gasteiger partial charge in [-0.3, -0.25) is 19.4 Å². The molecule has 2 N–H and O–H groups in total. The largest absolute Gasteiger partial charge is 0.468 e. The number of amides is 4. The van der Waals surface area contributed by atoms with Gasteiger partial charge in [0.15, 0.2) is 0 Å². The molecule has 3 rings (SSSR count). The molecule has 4 amide bonds. The van der Waals surface area contributed by atoms with Crippen molar-refractivity contribution < 1.29 is 18.8 Å². The highest BCUT2D eigenvalue weighted by Gasteiger charge is 2.56. The number of nitrogens with one attached hydrogen (secondary N) is 2. The molecule has 1 aromatic heterocycles. The Bertz CT molecular complexity index is 774. The number of furan rings is 1. The lowest BCUT2D eigenvalue weighted by Crippen LogP contribution is -2.54. The van der Waals surface area contributed by atoms with E-state index in [0.717, 1.165) is 17.1 Å². The van der Waals surface area contributed by atoms with Crippen molar-refractivity contribution in [2.24, 2.45) is 11.3 Å². The van der Waals surface area contributed by atoms with Gasteiger partial charge in [-0.1, -0.05) is 20.8 Å². The summed E-state index contributed by atoms with van der Waals surface area (Å²) in [4.78, 5) is 41.2. The van der Waals surface area contributed by atoms with Crippen LogP contribution in [0.5, 0.6) is 0 Å². The molecule has 0 radical (unpaired) electrons. The summed E-state index contributed by atoms with van der Waals surface area (Å²) >= 11 is 0. The molecule has 8 nitrogen and oxygen atoms in total. The van der Waals surface area contributed by atoms with Gasteiger partial charge >= 0.3 is 6.03 Å². The van der Waals surface area contributed by atoms with Crippen LogP contribution in [-0.4, -0.2) is 60.4 Å². The van der Waals surface area contributed by atoms with Crippen LogP contribution in [-0.2, 0) is 9.59 Å². The number of carbonyl (C=O) groups excluding carboxylic acids is 3. The minimum Gasteiger partial charge on any atom is -0.468 e. The molecule has 2 heterocycles. The third-order valence-corrected chi connectivity index (χ3v) is 5.91. The van der Waals surface area contributed by atoms with E-state index in [4.69, 9.17) is 4.42 Å². The fourth-order valence-corrected chi connectivity index (χ4v) is 5.08. The molecule has 1 saturated carbocycles. The third kappa shape index (κ3) is 4.47. The smallest absolute Gasteiger partial charge is 0.325 e. The summed E-state index contributed by atoms with van der Waals surface area (Å²) < 4.78 is 5.44. The first-order valence-corrected chi connectivity index (χ1v) is 10.1. The Morgan fingerprint density at radius 1 is 1.38 bits per heavy atom. The number of urea groups is 1. The van der Waals surface area contributed by atoms with Crippen molar-refractivity contribution in [2.45, 2.75) is 51.6 Å². The first-order valence-electron chi connectivity index (χ1n) is 10.1. The molecule has 8 heteroatoms. The molecule has 0 aromatic carbocycles. The number of hydrogen-bond acceptors (Lipinski definition) is 5. The molecule has 1 aliphatic carbocycles. The van der Waals surface area contributed by atoms with Crippen LogP contribution in [0.4, 0.5) is 4.79 Å². The zero-order chi connectivity index (χ0) is 21.4. The zero-order valence-corrected chi connectivity index (χ0v) is 17.9. The molecule has 0 unspecified atom stereocenters. The Morgan fingerprint density at radius 2 is 2.10 bits per heavy atom. The second-order valence-corrected chi connectivity index (χ2v) is 9.56. The number of hydrogen-bond donors (Lipinski definition) is 2. The molecule has 160 valence electrons. The Hall–Kier alpha value is -2.35. The molecule has 1 aliphatic heterocycles. The second kappa shape index (κ2) is 7.82. The minimum absolute atomic E-state index is 0.0408. The van der Waals surface area contributed by atoms with Crippen molar-refractivity contribution in [3.8, 4) is 0 Å². The minimum atomic E-state index is -0.890. The maximum atomic E-state index is 13.1. The lowest BCUT2D eigenvalue weighted by Gasteiger charge is -2.43. The highest BCUT2D eigenvalue weighted by Crippen LogP contribution is 2.46. The summed E-state index contributed by atoms with van der Waals surface area (Å²) in [6, 6.07) is 3.03. The van der Waals surface area contributed by atoms with Gasteiger partial charge in [-0.15, -0.1) is 0 Å². The van der Waals surface area contributed by atoms with Gasteiger partial charge in [0.2, 0.25) is 5.91 Å². The van der Waals surface area contributed by atoms with Crippen molar-refractivity contribution in [1.82, 2.24) is 20.4 Å². The van der Waals surface area contributed by atoms with Gasteiger partial charge < -0.3 is 15.1 Å². The topological polar surface area (TPSA) is 94.9 Å². The monoisotopic (exact) mass is 404 g/mol. The van der Waals surface area contributed by atoms with Crippen molar-refractivity contribution in [2.75, 3.05) is 27.2 Å². The lowest BCUT2D eigenvalue weighted by atomic mass is 9.64. The zero-order valence-electron chi connectivity index (χ0n) is 17.9. The van der Waals surface area contributed by atoms with E-state index in [1.807, 2.05) is 25.1 Å². The highest BCUT2D eigenvalue weighted by molar-refractivity contribution is 6.09. The van der Waals surface area contributed by atoms with E-state index in [2.05, 4.69) is 31.4 Å². The summed E-state index contributed by atoms with van der Waals surface area (Å²) in [5.74, 6) is 0.410. The Morgan fingerprint density at radius 3 is 2.69 bits per heavy atom. The molecule has 29 heavy (non-hydrogen) atoms. The van der Waals surface area contributed by atoms with Gasteiger partial charge in [-0.25, -0.2) is 4.79 Å². The predicted octanol–water partition coefficient (Wildman–Crippen LogP) is 2.14. The standard InChI is InChI=1S/C21H32N4O4/c1-14-9-20(2,3)13-21(10-14)18(27)25(19(28)23-21)12-17(26)22-11-15(24(4)5)16-7-6-8-29-16/h6-8,14-15H,9-13H2,1-5H3,(H,22,26)(H,23,28)/t14-,15+,21-/m1/s1. The fraction of sp³-hybridized carbons (Fsp3) is 0.667. The summed E-state index contributed by atoms with van der Waals surface area (Å²) in [5, 5.41) is 5.72. The Balaban J connectivity index is 1.63. The van der Waals surface area contributed by atoms with E-state index in [9.17, 15) is 14.4 Å². The van der Waals surface area contributed by atoms with Crippen LogP contribution in [0.25, 0.3) is 0 Å². The molecular weight excluding hydrogens is 372 g/mol. The highest BCUT2D eigenvalue weighted by atomic mass is 16.3. The van der Waals surface area contributed by atoms with E-state index < -0.39 is 11.6 Å². The molecular formula is C21H32N4O4. The van der Waals surface area contributed by atoms with E-state index in [1.165, 1.54) is 0 Å². The number of imide groups is 1. The lowest BCUT2D eigenvalue weighted by molar-refractivity contribution is -0.137. The van der Waals surface area contributed by atoms with Gasteiger partial charge in [0, 0.05) is 6.54 Å². The van der Waals surface area contributed by atoms with Crippen molar-refractivity contribution in [3.05, 3.63) is 24.2 Å². The van der Waals surface area contributed by atoms with Crippen molar-refractivity contribution in [1.29, 1.82) is 0 Å². The van der Waals surface area contributed by atoms with Crippen LogP contribution in [0, 0.1) is 11.3 Å². The number of carbonyl (C=O) groups is 3. The average Bonchev–Trinajstić information content (AvgIpc) is 3.17. The molecule has 2 fully saturated rings. The van der Waals surface area contributed by atoms with Crippen LogP contribution in [0.15, 0.2) is 22.8 Å². The SMILES string of the molecule is C[C@@H]1CC(C)(C)C[C@@]2(C1)NC(=O)N(CC(=O)NC[C@@H](c1ccco1)N(C)C)C2=O. The Labute approximate surface area is 172 Å². The van der Waals surface area contributed by atoms with Crippen LogP contribution in [0.1, 0.15) is 51.8 Å². The molecule has 0 bridgehead atoms. The van der Waals surface area contributed by atoms with Crippen LogP contribution >= 0.6 is 0 Å².